The van der Waals surface area contributed by atoms with Crippen LogP contribution in [0.15, 0.2) is 42.7 Å². The lowest BCUT2D eigenvalue weighted by Crippen LogP contribution is -2.13. The number of thiazole rings is 1. The highest BCUT2D eigenvalue weighted by Crippen LogP contribution is 2.13. The number of para-hydroxylation sites is 1. The quantitative estimate of drug-likeness (QED) is 0.760. The molecule has 0 aliphatic rings. The van der Waals surface area contributed by atoms with Gasteiger partial charge in [-0.1, -0.05) is 25.1 Å². The maximum Gasteiger partial charge on any atom is 0.107 e. The first-order valence-corrected chi connectivity index (χ1v) is 7.77. The summed E-state index contributed by atoms with van der Waals surface area (Å²) in [5.74, 6) is 0. The highest BCUT2D eigenvalue weighted by atomic mass is 32.1. The van der Waals surface area contributed by atoms with Crippen LogP contribution < -0.4 is 5.32 Å². The smallest absolute Gasteiger partial charge is 0.107 e. The zero-order valence-electron chi connectivity index (χ0n) is 11.9. The highest BCUT2D eigenvalue weighted by molar-refractivity contribution is 7.11. The molecule has 5 nitrogen and oxygen atoms in total. The molecule has 0 bridgehead atoms. The molecule has 1 aromatic carbocycles. The van der Waals surface area contributed by atoms with Crippen molar-refractivity contribution in [2.24, 2.45) is 0 Å². The molecular formula is C15H17N5S. The summed E-state index contributed by atoms with van der Waals surface area (Å²) in [5.41, 5.74) is 1.89. The first-order chi connectivity index (χ1) is 10.3. The minimum atomic E-state index is 0.688. The van der Waals surface area contributed by atoms with Gasteiger partial charge in [-0.3, -0.25) is 0 Å². The Hall–Kier alpha value is -2.05. The molecule has 0 aliphatic carbocycles. The third-order valence-electron chi connectivity index (χ3n) is 3.06. The summed E-state index contributed by atoms with van der Waals surface area (Å²) in [6, 6.07) is 9.90. The van der Waals surface area contributed by atoms with Gasteiger partial charge < -0.3 is 5.32 Å². The Bertz CT molecular complexity index is 689. The van der Waals surface area contributed by atoms with E-state index in [2.05, 4.69) is 27.4 Å². The van der Waals surface area contributed by atoms with Crippen LogP contribution in [0.2, 0.25) is 0 Å². The van der Waals surface area contributed by atoms with Crippen LogP contribution in [0.4, 0.5) is 0 Å². The predicted molar refractivity (Wildman–Crippen MR) is 83.4 cm³/mol. The van der Waals surface area contributed by atoms with E-state index in [1.54, 1.807) is 22.3 Å². The minimum Gasteiger partial charge on any atom is -0.305 e. The van der Waals surface area contributed by atoms with Gasteiger partial charge in [0.2, 0.25) is 0 Å². The van der Waals surface area contributed by atoms with Crippen LogP contribution >= 0.6 is 11.3 Å². The second kappa shape index (κ2) is 6.60. The zero-order valence-corrected chi connectivity index (χ0v) is 12.7. The summed E-state index contributed by atoms with van der Waals surface area (Å²) in [6.45, 7) is 3.60. The van der Waals surface area contributed by atoms with Crippen LogP contribution in [-0.2, 0) is 19.5 Å². The molecule has 0 amide bonds. The van der Waals surface area contributed by atoms with Crippen molar-refractivity contribution in [3.8, 4) is 5.69 Å². The lowest BCUT2D eigenvalue weighted by Gasteiger charge is -1.99. The molecule has 0 spiro atoms. The van der Waals surface area contributed by atoms with Gasteiger partial charge in [-0.15, -0.1) is 11.3 Å². The predicted octanol–water partition coefficient (Wildman–Crippen LogP) is 2.58. The molecule has 0 saturated heterocycles. The lowest BCUT2D eigenvalue weighted by molar-refractivity contribution is 0.660. The van der Waals surface area contributed by atoms with Gasteiger partial charge in [0.1, 0.15) is 5.01 Å². The number of rotatable bonds is 6. The minimum absolute atomic E-state index is 0.688. The van der Waals surface area contributed by atoms with Gasteiger partial charge in [0, 0.05) is 24.2 Å². The fourth-order valence-electron chi connectivity index (χ4n) is 1.95. The molecule has 0 unspecified atom stereocenters. The molecule has 0 atom stereocenters. The van der Waals surface area contributed by atoms with E-state index in [0.29, 0.717) is 6.54 Å². The van der Waals surface area contributed by atoms with Crippen molar-refractivity contribution >= 4 is 11.3 Å². The van der Waals surface area contributed by atoms with Crippen LogP contribution in [-0.4, -0.2) is 20.0 Å². The normalized spacial score (nSPS) is 10.9. The summed E-state index contributed by atoms with van der Waals surface area (Å²) >= 11 is 1.76. The van der Waals surface area contributed by atoms with Gasteiger partial charge in [-0.25, -0.2) is 4.98 Å². The number of hydrogen-bond acceptors (Lipinski definition) is 5. The first-order valence-electron chi connectivity index (χ1n) is 6.96. The zero-order chi connectivity index (χ0) is 14.5. The monoisotopic (exact) mass is 299 g/mol. The highest BCUT2D eigenvalue weighted by Gasteiger charge is 2.04. The molecular weight excluding hydrogens is 282 g/mol. The van der Waals surface area contributed by atoms with Crippen molar-refractivity contribution in [1.82, 2.24) is 25.3 Å². The summed E-state index contributed by atoms with van der Waals surface area (Å²) in [5, 5.41) is 13.2. The van der Waals surface area contributed by atoms with Gasteiger partial charge in [0.15, 0.2) is 0 Å². The second-order valence-electron chi connectivity index (χ2n) is 4.64. The summed E-state index contributed by atoms with van der Waals surface area (Å²) in [4.78, 5) is 7.36. The van der Waals surface area contributed by atoms with Crippen LogP contribution in [0.25, 0.3) is 5.69 Å². The summed E-state index contributed by atoms with van der Waals surface area (Å²) in [7, 11) is 0. The van der Waals surface area contributed by atoms with E-state index in [1.807, 2.05) is 36.5 Å². The van der Waals surface area contributed by atoms with Crippen molar-refractivity contribution in [3.63, 3.8) is 0 Å². The molecule has 108 valence electrons. The van der Waals surface area contributed by atoms with Gasteiger partial charge in [-0.05, 0) is 18.6 Å². The van der Waals surface area contributed by atoms with Crippen LogP contribution in [0.1, 0.15) is 22.5 Å². The Balaban J connectivity index is 1.55. The van der Waals surface area contributed by atoms with Crippen molar-refractivity contribution in [2.45, 2.75) is 26.4 Å². The maximum atomic E-state index is 4.46. The molecule has 2 aromatic heterocycles. The van der Waals surface area contributed by atoms with Gasteiger partial charge in [-0.2, -0.15) is 15.0 Å². The van der Waals surface area contributed by atoms with Crippen molar-refractivity contribution in [2.75, 3.05) is 0 Å². The third kappa shape index (κ3) is 3.53. The van der Waals surface area contributed by atoms with Crippen molar-refractivity contribution < 1.29 is 0 Å². The molecule has 0 radical (unpaired) electrons. The third-order valence-corrected chi connectivity index (χ3v) is 4.20. The Morgan fingerprint density at radius 2 is 2.00 bits per heavy atom. The van der Waals surface area contributed by atoms with Crippen LogP contribution in [0.5, 0.6) is 0 Å². The molecule has 6 heteroatoms. The van der Waals surface area contributed by atoms with Gasteiger partial charge in [0.05, 0.1) is 17.6 Å². The number of nitrogens with one attached hydrogen (secondary N) is 1. The Morgan fingerprint density at radius 1 is 1.14 bits per heavy atom. The Labute approximate surface area is 127 Å². The number of nitrogens with zero attached hydrogens (tertiary/aromatic N) is 4. The fourth-order valence-corrected chi connectivity index (χ4v) is 2.78. The molecule has 3 aromatic rings. The number of benzene rings is 1. The molecule has 0 aliphatic heterocycles. The summed E-state index contributed by atoms with van der Waals surface area (Å²) < 4.78 is 0. The molecule has 0 saturated carbocycles. The first kappa shape index (κ1) is 13.9. The Kier molecular flexibility index (Phi) is 4.37. The van der Waals surface area contributed by atoms with E-state index >= 15 is 0 Å². The van der Waals surface area contributed by atoms with Crippen LogP contribution in [0, 0.1) is 0 Å². The van der Waals surface area contributed by atoms with E-state index in [0.717, 1.165) is 29.4 Å². The van der Waals surface area contributed by atoms with E-state index < -0.39 is 0 Å². The molecule has 3 rings (SSSR count). The topological polar surface area (TPSA) is 55.6 Å². The lowest BCUT2D eigenvalue weighted by atomic mass is 10.3. The fraction of sp³-hybridized carbons (Fsp3) is 0.267. The average molecular weight is 299 g/mol. The van der Waals surface area contributed by atoms with Gasteiger partial charge in [0.25, 0.3) is 0 Å². The molecule has 2 heterocycles. The standard InChI is InChI=1S/C15H17N5S/c1-2-14-10-17-15(21-14)11-16-8-12-9-18-20(19-12)13-6-4-3-5-7-13/h3-7,9-10,16H,2,8,11H2,1H3. The SMILES string of the molecule is CCc1cnc(CNCc2cnn(-c3ccccc3)n2)s1. The van der Waals surface area contributed by atoms with Gasteiger partial charge >= 0.3 is 0 Å². The van der Waals surface area contributed by atoms with Crippen LogP contribution in [0.3, 0.4) is 0 Å². The largest absolute Gasteiger partial charge is 0.305 e. The van der Waals surface area contributed by atoms with E-state index in [9.17, 15) is 0 Å². The number of hydrogen-bond donors (Lipinski definition) is 1. The number of aromatic nitrogens is 4. The Morgan fingerprint density at radius 3 is 2.76 bits per heavy atom. The molecule has 0 fully saturated rings. The second-order valence-corrected chi connectivity index (χ2v) is 5.84. The summed E-state index contributed by atoms with van der Waals surface area (Å²) in [6.07, 6.45) is 4.79. The van der Waals surface area contributed by atoms with Crippen molar-refractivity contribution in [1.29, 1.82) is 0 Å². The van der Waals surface area contributed by atoms with Crippen molar-refractivity contribution in [3.05, 3.63) is 58.3 Å². The van der Waals surface area contributed by atoms with E-state index in [4.69, 9.17) is 0 Å². The molecule has 21 heavy (non-hydrogen) atoms. The average Bonchev–Trinajstić information content (AvgIpc) is 3.17. The van der Waals surface area contributed by atoms with E-state index in [-0.39, 0.29) is 0 Å². The maximum absolute atomic E-state index is 4.46. The molecule has 1 N–H and O–H groups in total. The number of aryl methyl sites for hydroxylation is 1. The van der Waals surface area contributed by atoms with E-state index in [1.165, 1.54) is 4.88 Å².